The normalized spacial score (nSPS) is 10.7. The van der Waals surface area contributed by atoms with Gasteiger partial charge in [-0.25, -0.2) is 9.78 Å². The largest absolute Gasteiger partial charge is 0.493 e. The Morgan fingerprint density at radius 3 is 2.65 bits per heavy atom. The molecule has 0 aliphatic carbocycles. The fourth-order valence-electron chi connectivity index (χ4n) is 2.93. The molecule has 0 spiro atoms. The Morgan fingerprint density at radius 1 is 1.13 bits per heavy atom. The molecule has 0 aliphatic heterocycles. The Bertz CT molecular complexity index is 1100. The van der Waals surface area contributed by atoms with Crippen molar-refractivity contribution in [1.82, 2.24) is 9.38 Å². The number of fused-ring (bicyclic) bond motifs is 1. The molecule has 0 unspecified atom stereocenters. The molecule has 2 aromatic heterocycles. The zero-order valence-electron chi connectivity index (χ0n) is 17.3. The van der Waals surface area contributed by atoms with Gasteiger partial charge >= 0.3 is 11.9 Å². The summed E-state index contributed by atoms with van der Waals surface area (Å²) in [7, 11) is 2.87. The number of hydrogen-bond donors (Lipinski definition) is 1. The van der Waals surface area contributed by atoms with Gasteiger partial charge in [-0.05, 0) is 37.3 Å². The van der Waals surface area contributed by atoms with Crippen LogP contribution < -0.4 is 14.8 Å². The number of hydrogen-bond acceptors (Lipinski definition) is 8. The minimum atomic E-state index is -0.548. The molecule has 1 aromatic carbocycles. The van der Waals surface area contributed by atoms with Crippen LogP contribution in [0.1, 0.15) is 6.92 Å². The van der Waals surface area contributed by atoms with E-state index >= 15 is 0 Å². The number of nitrogens with zero attached hydrogens (tertiary/aromatic N) is 2. The van der Waals surface area contributed by atoms with Gasteiger partial charge in [0, 0.05) is 18.9 Å². The van der Waals surface area contributed by atoms with E-state index in [1.165, 1.54) is 14.2 Å². The molecular weight excluding hydrogens is 426 g/mol. The summed E-state index contributed by atoms with van der Waals surface area (Å²) in [6.07, 6.45) is 1.69. The van der Waals surface area contributed by atoms with Crippen LogP contribution in [0.2, 0.25) is 5.02 Å². The minimum Gasteiger partial charge on any atom is -0.493 e. The van der Waals surface area contributed by atoms with Crippen LogP contribution in [0.5, 0.6) is 11.5 Å². The lowest BCUT2D eigenvalue weighted by molar-refractivity contribution is -0.141. The lowest BCUT2D eigenvalue weighted by Crippen LogP contribution is -2.18. The lowest BCUT2D eigenvalue weighted by atomic mass is 10.1. The fourth-order valence-corrected chi connectivity index (χ4v) is 3.09. The maximum Gasteiger partial charge on any atom is 0.337 e. The predicted molar refractivity (Wildman–Crippen MR) is 115 cm³/mol. The van der Waals surface area contributed by atoms with E-state index in [1.54, 1.807) is 47.9 Å². The minimum absolute atomic E-state index is 0.0506. The first-order valence-electron chi connectivity index (χ1n) is 9.42. The number of carbonyl (C=O) groups excluding carboxylic acids is 2. The highest BCUT2D eigenvalue weighted by Crippen LogP contribution is 2.36. The average molecular weight is 448 g/mol. The number of rotatable bonds is 9. The van der Waals surface area contributed by atoms with Gasteiger partial charge in [0.25, 0.3) is 0 Å². The van der Waals surface area contributed by atoms with E-state index in [2.05, 4.69) is 10.3 Å². The van der Waals surface area contributed by atoms with Gasteiger partial charge in [0.2, 0.25) is 0 Å². The van der Waals surface area contributed by atoms with Crippen LogP contribution in [-0.4, -0.2) is 55.3 Å². The highest BCUT2D eigenvalue weighted by molar-refractivity contribution is 6.30. The predicted octanol–water partition coefficient (Wildman–Crippen LogP) is 3.19. The SMILES string of the molecule is CCOC(=O)CNc1c(-c2ccc(OC(=O)COC)c(OC)c2)nc2ccc(Cl)cn12. The number of aromatic nitrogens is 2. The van der Waals surface area contributed by atoms with E-state index in [-0.39, 0.29) is 25.5 Å². The maximum absolute atomic E-state index is 11.9. The van der Waals surface area contributed by atoms with E-state index < -0.39 is 11.9 Å². The van der Waals surface area contributed by atoms with Crippen LogP contribution in [0.15, 0.2) is 36.5 Å². The second-order valence-electron chi connectivity index (χ2n) is 6.32. The second kappa shape index (κ2) is 10.1. The molecule has 1 N–H and O–H groups in total. The molecule has 3 rings (SSSR count). The monoisotopic (exact) mass is 447 g/mol. The number of imidazole rings is 1. The van der Waals surface area contributed by atoms with E-state index in [0.29, 0.717) is 33.5 Å². The summed E-state index contributed by atoms with van der Waals surface area (Å²) >= 11 is 6.15. The zero-order valence-corrected chi connectivity index (χ0v) is 18.1. The van der Waals surface area contributed by atoms with E-state index in [0.717, 1.165) is 0 Å². The van der Waals surface area contributed by atoms with Crippen LogP contribution in [0.3, 0.4) is 0 Å². The summed E-state index contributed by atoms with van der Waals surface area (Å²) in [6.45, 7) is 1.79. The number of anilines is 1. The first kappa shape index (κ1) is 22.4. The zero-order chi connectivity index (χ0) is 22.4. The summed E-state index contributed by atoms with van der Waals surface area (Å²) in [5.74, 6) is 0.197. The molecule has 0 radical (unpaired) electrons. The van der Waals surface area contributed by atoms with Crippen molar-refractivity contribution >= 4 is 35.0 Å². The van der Waals surface area contributed by atoms with E-state index in [9.17, 15) is 9.59 Å². The van der Waals surface area contributed by atoms with Gasteiger partial charge in [-0.3, -0.25) is 9.20 Å². The molecule has 2 heterocycles. The summed E-state index contributed by atoms with van der Waals surface area (Å²) in [5.41, 5.74) is 1.86. The third-order valence-corrected chi connectivity index (χ3v) is 4.43. The van der Waals surface area contributed by atoms with Crippen molar-refractivity contribution in [3.63, 3.8) is 0 Å². The van der Waals surface area contributed by atoms with Gasteiger partial charge in [-0.2, -0.15) is 0 Å². The number of methoxy groups -OCH3 is 2. The standard InChI is InChI=1S/C21H22ClN3O6/c1-4-30-18(26)10-23-21-20(24-17-8-6-14(22)11-25(17)21)13-5-7-15(16(9-13)29-3)31-19(27)12-28-2/h5-9,11,23H,4,10,12H2,1-3H3. The van der Waals surface area contributed by atoms with Crippen molar-refractivity contribution in [3.05, 3.63) is 41.6 Å². The van der Waals surface area contributed by atoms with Gasteiger partial charge in [-0.1, -0.05) is 11.6 Å². The summed E-state index contributed by atoms with van der Waals surface area (Å²) < 4.78 is 22.2. The topological polar surface area (TPSA) is 100 Å². The van der Waals surface area contributed by atoms with Gasteiger partial charge < -0.3 is 24.3 Å². The number of ether oxygens (including phenoxy) is 4. The van der Waals surface area contributed by atoms with Crippen molar-refractivity contribution in [2.24, 2.45) is 0 Å². The highest BCUT2D eigenvalue weighted by Gasteiger charge is 2.18. The number of esters is 2. The quantitative estimate of drug-likeness (QED) is 0.394. The van der Waals surface area contributed by atoms with Crippen LogP contribution in [0.4, 0.5) is 5.82 Å². The average Bonchev–Trinajstić information content (AvgIpc) is 3.10. The Kier molecular flexibility index (Phi) is 7.32. The molecule has 0 saturated carbocycles. The molecule has 31 heavy (non-hydrogen) atoms. The number of pyridine rings is 1. The summed E-state index contributed by atoms with van der Waals surface area (Å²) in [6, 6.07) is 8.51. The molecule has 0 aliphatic rings. The molecule has 10 heteroatoms. The van der Waals surface area contributed by atoms with Crippen molar-refractivity contribution in [1.29, 1.82) is 0 Å². The molecule has 0 amide bonds. The van der Waals surface area contributed by atoms with E-state index in [4.69, 9.17) is 30.5 Å². The number of carbonyl (C=O) groups is 2. The Labute approximate surface area is 183 Å². The van der Waals surface area contributed by atoms with Gasteiger partial charge in [0.05, 0.1) is 18.7 Å². The first-order valence-corrected chi connectivity index (χ1v) is 9.79. The molecule has 164 valence electrons. The maximum atomic E-state index is 11.9. The molecule has 9 nitrogen and oxygen atoms in total. The summed E-state index contributed by atoms with van der Waals surface area (Å²) in [4.78, 5) is 28.3. The lowest BCUT2D eigenvalue weighted by Gasteiger charge is -2.12. The van der Waals surface area contributed by atoms with Crippen molar-refractivity contribution < 1.29 is 28.5 Å². The van der Waals surface area contributed by atoms with Gasteiger partial charge in [-0.15, -0.1) is 0 Å². The number of nitrogens with one attached hydrogen (secondary N) is 1. The fraction of sp³-hybridized carbons (Fsp3) is 0.286. The second-order valence-corrected chi connectivity index (χ2v) is 6.75. The Morgan fingerprint density at radius 2 is 1.94 bits per heavy atom. The van der Waals surface area contributed by atoms with E-state index in [1.807, 2.05) is 0 Å². The van der Waals surface area contributed by atoms with Crippen LogP contribution in [0, 0.1) is 0 Å². The number of benzene rings is 1. The van der Waals surface area contributed by atoms with Crippen LogP contribution in [0.25, 0.3) is 16.9 Å². The molecule has 0 fully saturated rings. The Hall–Kier alpha value is -3.30. The van der Waals surface area contributed by atoms with Crippen LogP contribution in [-0.2, 0) is 19.1 Å². The summed E-state index contributed by atoms with van der Waals surface area (Å²) in [5, 5.41) is 3.58. The third kappa shape index (κ3) is 5.25. The van der Waals surface area contributed by atoms with Crippen molar-refractivity contribution in [2.75, 3.05) is 39.3 Å². The van der Waals surface area contributed by atoms with Gasteiger partial charge in [0.15, 0.2) is 11.5 Å². The van der Waals surface area contributed by atoms with Crippen LogP contribution >= 0.6 is 11.6 Å². The van der Waals surface area contributed by atoms with Crippen molar-refractivity contribution in [2.45, 2.75) is 6.92 Å². The first-order chi connectivity index (χ1) is 15.0. The molecule has 0 atom stereocenters. The molecule has 0 saturated heterocycles. The number of halogens is 1. The Balaban J connectivity index is 2.01. The van der Waals surface area contributed by atoms with Gasteiger partial charge in [0.1, 0.15) is 30.3 Å². The highest BCUT2D eigenvalue weighted by atomic mass is 35.5. The molecule has 0 bridgehead atoms. The smallest absolute Gasteiger partial charge is 0.337 e. The van der Waals surface area contributed by atoms with Crippen molar-refractivity contribution in [3.8, 4) is 22.8 Å². The third-order valence-electron chi connectivity index (χ3n) is 4.21. The molecular formula is C21H22ClN3O6. The molecule has 3 aromatic rings.